The van der Waals surface area contributed by atoms with Crippen molar-refractivity contribution in [3.8, 4) is 0 Å². The predicted molar refractivity (Wildman–Crippen MR) is 116 cm³/mol. The summed E-state index contributed by atoms with van der Waals surface area (Å²) in [5, 5.41) is 4.76. The van der Waals surface area contributed by atoms with Crippen molar-refractivity contribution in [1.29, 1.82) is 0 Å². The number of benzene rings is 2. The molecule has 2 amide bonds. The van der Waals surface area contributed by atoms with Gasteiger partial charge in [0.05, 0.1) is 5.92 Å². The molecule has 0 saturated carbocycles. The topological polar surface area (TPSA) is 65.2 Å². The fraction of sp³-hybridized carbons (Fsp3) is 0.304. The zero-order valence-corrected chi connectivity index (χ0v) is 17.1. The molecule has 3 aromatic rings. The number of hydrogen-bond donors (Lipinski definition) is 2. The highest BCUT2D eigenvalue weighted by Gasteiger charge is 2.34. The second-order valence-electron chi connectivity index (χ2n) is 7.47. The molecule has 1 aliphatic heterocycles. The first-order valence-corrected chi connectivity index (χ1v) is 10.4. The van der Waals surface area contributed by atoms with E-state index in [4.69, 9.17) is 11.6 Å². The van der Waals surface area contributed by atoms with Gasteiger partial charge < -0.3 is 15.2 Å². The van der Waals surface area contributed by atoms with Crippen LogP contribution < -0.4 is 10.2 Å². The average molecular weight is 410 g/mol. The number of hydrogen-bond acceptors (Lipinski definition) is 2. The van der Waals surface area contributed by atoms with Gasteiger partial charge in [-0.05, 0) is 54.3 Å². The van der Waals surface area contributed by atoms with Crippen molar-refractivity contribution < 1.29 is 9.59 Å². The SMILES string of the molecule is CCc1ccc(N2C[C@@H](C(=O)NCCc3c[nH]c4ccc(Cl)cc34)CC2=O)cc1. The number of amides is 2. The highest BCUT2D eigenvalue weighted by atomic mass is 35.5. The van der Waals surface area contributed by atoms with Gasteiger partial charge in [0.25, 0.3) is 0 Å². The Morgan fingerprint density at radius 1 is 1.24 bits per heavy atom. The maximum atomic E-state index is 12.6. The summed E-state index contributed by atoms with van der Waals surface area (Å²) in [5.74, 6) is -0.379. The van der Waals surface area contributed by atoms with E-state index in [1.165, 1.54) is 5.56 Å². The molecule has 0 radical (unpaired) electrons. The third kappa shape index (κ3) is 4.15. The van der Waals surface area contributed by atoms with Crippen molar-refractivity contribution in [3.63, 3.8) is 0 Å². The molecular weight excluding hydrogens is 386 g/mol. The molecule has 2 N–H and O–H groups in total. The lowest BCUT2D eigenvalue weighted by Crippen LogP contribution is -2.34. The molecule has 1 aliphatic rings. The smallest absolute Gasteiger partial charge is 0.227 e. The summed E-state index contributed by atoms with van der Waals surface area (Å²) in [5.41, 5.74) is 4.23. The molecule has 6 heteroatoms. The molecule has 150 valence electrons. The number of nitrogens with one attached hydrogen (secondary N) is 2. The first-order valence-electron chi connectivity index (χ1n) is 9.97. The minimum atomic E-state index is -0.314. The van der Waals surface area contributed by atoms with Crippen molar-refractivity contribution in [3.05, 3.63) is 64.8 Å². The minimum absolute atomic E-state index is 0.000619. The second-order valence-corrected chi connectivity index (χ2v) is 7.91. The Bertz CT molecular complexity index is 1040. The lowest BCUT2D eigenvalue weighted by molar-refractivity contribution is -0.126. The number of nitrogens with zero attached hydrogens (tertiary/aromatic N) is 1. The number of anilines is 1. The Labute approximate surface area is 175 Å². The number of aromatic nitrogens is 1. The molecule has 2 aromatic carbocycles. The van der Waals surface area contributed by atoms with Crippen LogP contribution in [0.4, 0.5) is 5.69 Å². The summed E-state index contributed by atoms with van der Waals surface area (Å²) in [4.78, 5) is 29.9. The molecule has 0 aliphatic carbocycles. The summed E-state index contributed by atoms with van der Waals surface area (Å²) >= 11 is 6.09. The third-order valence-electron chi connectivity index (χ3n) is 5.58. The lowest BCUT2D eigenvalue weighted by atomic mass is 10.1. The van der Waals surface area contributed by atoms with Crippen LogP contribution in [0.3, 0.4) is 0 Å². The van der Waals surface area contributed by atoms with Gasteiger partial charge in [-0.15, -0.1) is 0 Å². The normalized spacial score (nSPS) is 16.6. The van der Waals surface area contributed by atoms with E-state index in [0.29, 0.717) is 24.5 Å². The lowest BCUT2D eigenvalue weighted by Gasteiger charge is -2.17. The van der Waals surface area contributed by atoms with E-state index in [-0.39, 0.29) is 24.2 Å². The van der Waals surface area contributed by atoms with Gasteiger partial charge in [0, 0.05) is 47.3 Å². The summed E-state index contributed by atoms with van der Waals surface area (Å²) in [6.45, 7) is 3.05. The van der Waals surface area contributed by atoms with Gasteiger partial charge >= 0.3 is 0 Å². The first-order chi connectivity index (χ1) is 14.0. The summed E-state index contributed by atoms with van der Waals surface area (Å²) in [7, 11) is 0. The Balaban J connectivity index is 1.34. The molecule has 5 nitrogen and oxygen atoms in total. The average Bonchev–Trinajstić information content (AvgIpc) is 3.31. The number of aromatic amines is 1. The molecular formula is C23H24ClN3O2. The van der Waals surface area contributed by atoms with E-state index in [1.807, 2.05) is 48.7 Å². The fourth-order valence-electron chi connectivity index (χ4n) is 3.87. The maximum absolute atomic E-state index is 12.6. The van der Waals surface area contributed by atoms with Crippen molar-refractivity contribution in [2.24, 2.45) is 5.92 Å². The number of fused-ring (bicyclic) bond motifs is 1. The molecule has 1 saturated heterocycles. The molecule has 0 bridgehead atoms. The van der Waals surface area contributed by atoms with E-state index in [0.717, 1.165) is 28.6 Å². The van der Waals surface area contributed by atoms with Crippen LogP contribution in [0.25, 0.3) is 10.9 Å². The number of carbonyl (C=O) groups is 2. The van der Waals surface area contributed by atoms with Crippen LogP contribution in [-0.2, 0) is 22.4 Å². The fourth-order valence-corrected chi connectivity index (χ4v) is 4.04. The number of rotatable bonds is 6. The first kappa shape index (κ1) is 19.5. The van der Waals surface area contributed by atoms with Crippen LogP contribution in [0.15, 0.2) is 48.7 Å². The molecule has 2 heterocycles. The molecule has 1 atom stereocenters. The van der Waals surface area contributed by atoms with Gasteiger partial charge in [0.15, 0.2) is 0 Å². The van der Waals surface area contributed by atoms with Crippen molar-refractivity contribution in [2.45, 2.75) is 26.2 Å². The largest absolute Gasteiger partial charge is 0.361 e. The summed E-state index contributed by atoms with van der Waals surface area (Å²) in [6, 6.07) is 13.7. The third-order valence-corrected chi connectivity index (χ3v) is 5.81. The minimum Gasteiger partial charge on any atom is -0.361 e. The monoisotopic (exact) mass is 409 g/mol. The zero-order chi connectivity index (χ0) is 20.4. The molecule has 1 aromatic heterocycles. The van der Waals surface area contributed by atoms with Crippen LogP contribution in [0.5, 0.6) is 0 Å². The molecule has 0 spiro atoms. The quantitative estimate of drug-likeness (QED) is 0.643. The van der Waals surface area contributed by atoms with Crippen LogP contribution >= 0.6 is 11.6 Å². The number of carbonyl (C=O) groups excluding carboxylic acids is 2. The highest BCUT2D eigenvalue weighted by molar-refractivity contribution is 6.31. The zero-order valence-electron chi connectivity index (χ0n) is 16.4. The van der Waals surface area contributed by atoms with Crippen LogP contribution in [0.1, 0.15) is 24.5 Å². The Morgan fingerprint density at radius 3 is 2.79 bits per heavy atom. The molecule has 29 heavy (non-hydrogen) atoms. The van der Waals surface area contributed by atoms with Gasteiger partial charge in [0.1, 0.15) is 0 Å². The molecule has 1 fully saturated rings. The Kier molecular flexibility index (Phi) is 5.58. The Hall–Kier alpha value is -2.79. The van der Waals surface area contributed by atoms with Crippen LogP contribution in [0.2, 0.25) is 5.02 Å². The van der Waals surface area contributed by atoms with E-state index < -0.39 is 0 Å². The Morgan fingerprint density at radius 2 is 2.03 bits per heavy atom. The highest BCUT2D eigenvalue weighted by Crippen LogP contribution is 2.26. The van der Waals surface area contributed by atoms with Gasteiger partial charge in [-0.1, -0.05) is 30.7 Å². The van der Waals surface area contributed by atoms with E-state index in [9.17, 15) is 9.59 Å². The number of halogens is 1. The summed E-state index contributed by atoms with van der Waals surface area (Å²) in [6.07, 6.45) is 3.87. The summed E-state index contributed by atoms with van der Waals surface area (Å²) < 4.78 is 0. The van der Waals surface area contributed by atoms with Crippen molar-refractivity contribution in [1.82, 2.24) is 10.3 Å². The van der Waals surface area contributed by atoms with Crippen LogP contribution in [-0.4, -0.2) is 29.9 Å². The van der Waals surface area contributed by atoms with Crippen LogP contribution in [0, 0.1) is 5.92 Å². The second kappa shape index (κ2) is 8.29. The van der Waals surface area contributed by atoms with Crippen molar-refractivity contribution in [2.75, 3.05) is 18.0 Å². The molecule has 0 unspecified atom stereocenters. The molecule has 4 rings (SSSR count). The maximum Gasteiger partial charge on any atom is 0.227 e. The van der Waals surface area contributed by atoms with Gasteiger partial charge in [-0.3, -0.25) is 9.59 Å². The number of H-pyrrole nitrogens is 1. The van der Waals surface area contributed by atoms with Gasteiger partial charge in [0.2, 0.25) is 11.8 Å². The van der Waals surface area contributed by atoms with E-state index >= 15 is 0 Å². The number of aryl methyl sites for hydroxylation is 1. The van der Waals surface area contributed by atoms with Gasteiger partial charge in [-0.2, -0.15) is 0 Å². The van der Waals surface area contributed by atoms with Gasteiger partial charge in [-0.25, -0.2) is 0 Å². The van der Waals surface area contributed by atoms with Crippen molar-refractivity contribution >= 4 is 40.0 Å². The van der Waals surface area contributed by atoms with E-state index in [1.54, 1.807) is 4.90 Å². The van der Waals surface area contributed by atoms with E-state index in [2.05, 4.69) is 17.2 Å². The predicted octanol–water partition coefficient (Wildman–Crippen LogP) is 4.10. The standard InChI is InChI=1S/C23H24ClN3O2/c1-2-15-3-6-19(7-4-15)27-14-17(11-22(27)28)23(29)25-10-9-16-13-26-21-8-5-18(24)12-20(16)21/h3-8,12-13,17,26H,2,9-11,14H2,1H3,(H,25,29)/t17-/m0/s1.